The van der Waals surface area contributed by atoms with Gasteiger partial charge in [0.05, 0.1) is 5.69 Å². The van der Waals surface area contributed by atoms with Crippen LogP contribution in [0.1, 0.15) is 0 Å². The molecular weight excluding hydrogens is 398 g/mol. The average molecular weight is 413 g/mol. The van der Waals surface area contributed by atoms with E-state index >= 15 is 0 Å². The van der Waals surface area contributed by atoms with Crippen molar-refractivity contribution in [1.29, 1.82) is 0 Å². The highest BCUT2D eigenvalue weighted by Gasteiger charge is 2.21. The average Bonchev–Trinajstić information content (AvgIpc) is 3.17. The Hall–Kier alpha value is -4.66. The third-order valence-corrected chi connectivity index (χ3v) is 4.74. The molecule has 2 heterocycles. The Bertz CT molecular complexity index is 1410. The molecule has 4 N–H and O–H groups in total. The van der Waals surface area contributed by atoms with Crippen LogP contribution in [0.2, 0.25) is 0 Å². The van der Waals surface area contributed by atoms with Gasteiger partial charge in [0.2, 0.25) is 5.65 Å². The predicted octanol–water partition coefficient (Wildman–Crippen LogP) is 3.37. The molecule has 152 valence electrons. The van der Waals surface area contributed by atoms with E-state index in [-0.39, 0.29) is 5.75 Å². The minimum absolute atomic E-state index is 0.0458. The molecule has 0 aliphatic heterocycles. The number of benzene rings is 3. The van der Waals surface area contributed by atoms with E-state index < -0.39 is 17.2 Å². The third-order valence-electron chi connectivity index (χ3n) is 4.74. The van der Waals surface area contributed by atoms with E-state index in [1.165, 1.54) is 28.9 Å². The molecule has 9 nitrogen and oxygen atoms in total. The van der Waals surface area contributed by atoms with Gasteiger partial charge in [0.15, 0.2) is 23.1 Å². The minimum atomic E-state index is -0.627. The monoisotopic (exact) mass is 413 g/mol. The zero-order chi connectivity index (χ0) is 21.5. The molecule has 0 aliphatic rings. The van der Waals surface area contributed by atoms with E-state index in [0.717, 1.165) is 5.56 Å². The summed E-state index contributed by atoms with van der Waals surface area (Å²) in [5.74, 6) is -1.21. The van der Waals surface area contributed by atoms with Crippen molar-refractivity contribution in [3.8, 4) is 51.3 Å². The maximum absolute atomic E-state index is 9.98. The fourth-order valence-electron chi connectivity index (χ4n) is 3.27. The van der Waals surface area contributed by atoms with Crippen LogP contribution < -0.4 is 0 Å². The van der Waals surface area contributed by atoms with Gasteiger partial charge in [-0.05, 0) is 24.3 Å². The number of hydrogen-bond acceptors (Lipinski definition) is 8. The highest BCUT2D eigenvalue weighted by molar-refractivity contribution is 5.90. The Morgan fingerprint density at radius 1 is 0.710 bits per heavy atom. The minimum Gasteiger partial charge on any atom is -0.508 e. The molecule has 5 aromatic rings. The lowest BCUT2D eigenvalue weighted by atomic mass is 10.1. The summed E-state index contributed by atoms with van der Waals surface area (Å²) in [7, 11) is 0. The first-order valence-corrected chi connectivity index (χ1v) is 9.25. The van der Waals surface area contributed by atoms with Crippen molar-refractivity contribution < 1.29 is 20.4 Å². The van der Waals surface area contributed by atoms with E-state index in [0.29, 0.717) is 33.9 Å². The Morgan fingerprint density at radius 2 is 1.45 bits per heavy atom. The summed E-state index contributed by atoms with van der Waals surface area (Å²) in [6.07, 6.45) is 0. The summed E-state index contributed by atoms with van der Waals surface area (Å²) in [6.45, 7) is 0. The maximum atomic E-state index is 9.98. The molecule has 0 spiro atoms. The van der Waals surface area contributed by atoms with Crippen LogP contribution in [-0.4, -0.2) is 45.4 Å². The Kier molecular flexibility index (Phi) is 4.14. The van der Waals surface area contributed by atoms with Crippen LogP contribution in [0.3, 0.4) is 0 Å². The van der Waals surface area contributed by atoms with E-state index in [4.69, 9.17) is 0 Å². The predicted molar refractivity (Wildman–Crippen MR) is 112 cm³/mol. The van der Waals surface area contributed by atoms with Crippen molar-refractivity contribution >= 4 is 11.2 Å². The van der Waals surface area contributed by atoms with Crippen LogP contribution in [0.25, 0.3) is 39.5 Å². The van der Waals surface area contributed by atoms with E-state index in [2.05, 4.69) is 20.3 Å². The first kappa shape index (κ1) is 18.4. The van der Waals surface area contributed by atoms with Gasteiger partial charge in [-0.1, -0.05) is 36.4 Å². The van der Waals surface area contributed by atoms with Crippen LogP contribution in [0.15, 0.2) is 66.7 Å². The lowest BCUT2D eigenvalue weighted by Crippen LogP contribution is -2.00. The smallest absolute Gasteiger partial charge is 0.204 e. The van der Waals surface area contributed by atoms with E-state index in [1.54, 1.807) is 12.1 Å². The maximum Gasteiger partial charge on any atom is 0.204 e. The van der Waals surface area contributed by atoms with Gasteiger partial charge in [-0.25, -0.2) is 9.67 Å². The molecule has 0 saturated carbocycles. The normalized spacial score (nSPS) is 11.1. The summed E-state index contributed by atoms with van der Waals surface area (Å²) < 4.78 is 1.46. The molecule has 3 aromatic carbocycles. The zero-order valence-corrected chi connectivity index (χ0v) is 15.9. The summed E-state index contributed by atoms with van der Waals surface area (Å²) in [4.78, 5) is 4.63. The zero-order valence-electron chi connectivity index (χ0n) is 15.9. The van der Waals surface area contributed by atoms with Crippen molar-refractivity contribution in [1.82, 2.24) is 25.0 Å². The van der Waals surface area contributed by atoms with Gasteiger partial charge in [0, 0.05) is 17.2 Å². The van der Waals surface area contributed by atoms with Gasteiger partial charge in [-0.3, -0.25) is 0 Å². The number of rotatable bonds is 3. The molecule has 31 heavy (non-hydrogen) atoms. The number of fused-ring (bicyclic) bond motifs is 1. The highest BCUT2D eigenvalue weighted by Crippen LogP contribution is 2.40. The molecule has 0 saturated heterocycles. The van der Waals surface area contributed by atoms with Gasteiger partial charge in [-0.15, -0.1) is 10.2 Å². The van der Waals surface area contributed by atoms with Crippen molar-refractivity contribution in [2.45, 2.75) is 0 Å². The molecule has 0 aliphatic carbocycles. The number of aromatic nitrogens is 5. The van der Waals surface area contributed by atoms with Crippen molar-refractivity contribution in [2.24, 2.45) is 0 Å². The van der Waals surface area contributed by atoms with Gasteiger partial charge in [-0.2, -0.15) is 5.10 Å². The number of aromatic hydroxyl groups is 4. The quantitative estimate of drug-likeness (QED) is 0.330. The lowest BCUT2D eigenvalue weighted by Gasteiger charge is -2.04. The molecule has 0 fully saturated rings. The number of phenolic OH excluding ortho intramolecular Hbond substituents is 4. The van der Waals surface area contributed by atoms with Gasteiger partial charge >= 0.3 is 0 Å². The fraction of sp³-hybridized carbons (Fsp3) is 0. The molecule has 9 heteroatoms. The largest absolute Gasteiger partial charge is 0.508 e. The van der Waals surface area contributed by atoms with E-state index in [9.17, 15) is 20.4 Å². The van der Waals surface area contributed by atoms with Crippen molar-refractivity contribution in [3.05, 3.63) is 66.7 Å². The second kappa shape index (κ2) is 6.99. The van der Waals surface area contributed by atoms with E-state index in [1.807, 2.05) is 30.3 Å². The van der Waals surface area contributed by atoms with Gasteiger partial charge in [0.25, 0.3) is 0 Å². The standard InChI is InChI=1S/C22H15N5O4/c28-15-8-4-7-14(11-15)27-22-19(23-21(24-25-22)12-5-2-1-3-6-12)18(26-27)13-9-16(29)20(31)17(30)10-13/h1-11,28-31H. The highest BCUT2D eigenvalue weighted by atomic mass is 16.3. The number of nitrogens with zero attached hydrogens (tertiary/aromatic N) is 5. The molecule has 0 radical (unpaired) electrons. The molecule has 2 aromatic heterocycles. The second-order valence-electron chi connectivity index (χ2n) is 6.82. The molecule has 0 amide bonds. The van der Waals surface area contributed by atoms with Crippen LogP contribution in [0.4, 0.5) is 0 Å². The van der Waals surface area contributed by atoms with Crippen LogP contribution in [0, 0.1) is 0 Å². The molecule has 5 rings (SSSR count). The van der Waals surface area contributed by atoms with Gasteiger partial charge < -0.3 is 20.4 Å². The summed E-state index contributed by atoms with van der Waals surface area (Å²) >= 11 is 0. The molecule has 0 unspecified atom stereocenters. The molecule has 0 atom stereocenters. The van der Waals surface area contributed by atoms with Crippen molar-refractivity contribution in [2.75, 3.05) is 0 Å². The Morgan fingerprint density at radius 3 is 2.16 bits per heavy atom. The second-order valence-corrected chi connectivity index (χ2v) is 6.82. The first-order chi connectivity index (χ1) is 15.0. The van der Waals surface area contributed by atoms with Gasteiger partial charge in [0.1, 0.15) is 17.0 Å². The van der Waals surface area contributed by atoms with Crippen LogP contribution >= 0.6 is 0 Å². The van der Waals surface area contributed by atoms with Crippen LogP contribution in [-0.2, 0) is 0 Å². The van der Waals surface area contributed by atoms with Crippen molar-refractivity contribution in [3.63, 3.8) is 0 Å². The van der Waals surface area contributed by atoms with Crippen LogP contribution in [0.5, 0.6) is 23.0 Å². The molecular formula is C22H15N5O4. The first-order valence-electron chi connectivity index (χ1n) is 9.25. The Balaban J connectivity index is 1.80. The topological polar surface area (TPSA) is 137 Å². The molecule has 0 bridgehead atoms. The third kappa shape index (κ3) is 3.14. The fourth-order valence-corrected chi connectivity index (χ4v) is 3.27. The lowest BCUT2D eigenvalue weighted by molar-refractivity contribution is 0.368. The number of phenols is 4. The summed E-state index contributed by atoms with van der Waals surface area (Å²) in [5, 5.41) is 52.6. The summed E-state index contributed by atoms with van der Waals surface area (Å²) in [5.41, 5.74) is 2.57. The Labute approximate surface area is 175 Å². The summed E-state index contributed by atoms with van der Waals surface area (Å²) in [6, 6.07) is 18.3. The SMILES string of the molecule is Oc1cccc(-n2nc(-c3cc(O)c(O)c(O)c3)c3nc(-c4ccccc4)nnc32)c1. The number of hydrogen-bond donors (Lipinski definition) is 4.